The number of nitrogens with one attached hydrogen (secondary N) is 1. The van der Waals surface area contributed by atoms with Gasteiger partial charge in [-0.25, -0.2) is 8.42 Å². The maximum atomic E-state index is 12.1. The summed E-state index contributed by atoms with van der Waals surface area (Å²) in [7, 11) is -3.32. The maximum absolute atomic E-state index is 12.1. The van der Waals surface area contributed by atoms with Crippen LogP contribution in [0.3, 0.4) is 0 Å². The normalized spacial score (nSPS) is 30.7. The van der Waals surface area contributed by atoms with E-state index in [0.29, 0.717) is 19.3 Å². The average Bonchev–Trinajstić information content (AvgIpc) is 2.27. The first-order valence-corrected chi connectivity index (χ1v) is 7.19. The van der Waals surface area contributed by atoms with Gasteiger partial charge in [-0.15, -0.1) is 0 Å². The Morgan fingerprint density at radius 3 is 2.56 bits per heavy atom. The minimum absolute atomic E-state index is 0.236. The Morgan fingerprint density at radius 1 is 1.44 bits per heavy atom. The molecule has 2 rings (SSSR count). The highest BCUT2D eigenvalue weighted by atomic mass is 32.2. The van der Waals surface area contributed by atoms with Gasteiger partial charge >= 0.3 is 5.97 Å². The topological polar surface area (TPSA) is 72.5 Å². The van der Waals surface area contributed by atoms with Crippen LogP contribution in [0.15, 0.2) is 0 Å². The van der Waals surface area contributed by atoms with E-state index in [2.05, 4.69) is 5.32 Å². The first-order chi connectivity index (χ1) is 7.53. The second-order valence-electron chi connectivity index (χ2n) is 4.42. The molecule has 1 atom stereocenters. The van der Waals surface area contributed by atoms with Crippen LogP contribution in [-0.4, -0.2) is 44.1 Å². The number of piperidine rings is 1. The van der Waals surface area contributed by atoms with Crippen LogP contribution in [0.2, 0.25) is 0 Å². The molecule has 1 spiro atoms. The molecule has 2 fully saturated rings. The fraction of sp³-hybridized carbons (Fsp3) is 0.900. The number of hydrogen-bond donors (Lipinski definition) is 1. The fourth-order valence-corrected chi connectivity index (χ4v) is 4.92. The second-order valence-corrected chi connectivity index (χ2v) is 6.95. The molecule has 1 N–H and O–H groups in total. The van der Waals surface area contributed by atoms with Gasteiger partial charge in [0.1, 0.15) is 0 Å². The zero-order valence-corrected chi connectivity index (χ0v) is 10.2. The highest BCUT2D eigenvalue weighted by Crippen LogP contribution is 2.46. The molecule has 0 saturated carbocycles. The monoisotopic (exact) mass is 247 g/mol. The van der Waals surface area contributed by atoms with Crippen molar-refractivity contribution >= 4 is 15.8 Å². The summed E-state index contributed by atoms with van der Waals surface area (Å²) in [6.07, 6.45) is 1.67. The van der Waals surface area contributed by atoms with Crippen molar-refractivity contribution in [1.82, 2.24) is 5.32 Å². The Balaban J connectivity index is 2.12. The van der Waals surface area contributed by atoms with Crippen LogP contribution in [0.5, 0.6) is 0 Å². The Hall–Kier alpha value is -0.620. The molecule has 6 heteroatoms. The first kappa shape index (κ1) is 11.9. The lowest BCUT2D eigenvalue weighted by atomic mass is 9.90. The molecule has 2 aliphatic heterocycles. The molecule has 0 aliphatic carbocycles. The largest absolute Gasteiger partial charge is 0.465 e. The smallest absolute Gasteiger partial charge is 0.324 e. The molecular weight excluding hydrogens is 230 g/mol. The molecule has 2 saturated heterocycles. The van der Waals surface area contributed by atoms with Gasteiger partial charge in [-0.05, 0) is 39.3 Å². The molecule has 16 heavy (non-hydrogen) atoms. The van der Waals surface area contributed by atoms with Gasteiger partial charge in [0.15, 0.2) is 15.1 Å². The highest BCUT2D eigenvalue weighted by molar-refractivity contribution is 7.95. The molecule has 92 valence electrons. The number of rotatable bonds is 2. The summed E-state index contributed by atoms with van der Waals surface area (Å²) < 4.78 is 28.4. The van der Waals surface area contributed by atoms with E-state index in [-0.39, 0.29) is 6.61 Å². The summed E-state index contributed by atoms with van der Waals surface area (Å²) in [6.45, 7) is 3.35. The lowest BCUT2D eigenvalue weighted by Gasteiger charge is -2.47. The van der Waals surface area contributed by atoms with Gasteiger partial charge in [-0.3, -0.25) is 4.79 Å². The lowest BCUT2D eigenvalue weighted by Crippen LogP contribution is -2.64. The minimum Gasteiger partial charge on any atom is -0.465 e. The Labute approximate surface area is 95.5 Å². The molecule has 0 bridgehead atoms. The van der Waals surface area contributed by atoms with Gasteiger partial charge in [0, 0.05) is 0 Å². The van der Waals surface area contributed by atoms with Crippen molar-refractivity contribution in [3.05, 3.63) is 0 Å². The van der Waals surface area contributed by atoms with Gasteiger partial charge in [-0.2, -0.15) is 0 Å². The van der Waals surface area contributed by atoms with E-state index in [4.69, 9.17) is 4.74 Å². The molecular formula is C10H17NO4S. The highest BCUT2D eigenvalue weighted by Gasteiger charge is 2.62. The number of carbonyl (C=O) groups is 1. The predicted octanol–water partition coefficient (Wildman–Crippen LogP) is -0.141. The van der Waals surface area contributed by atoms with E-state index in [1.54, 1.807) is 6.92 Å². The Kier molecular flexibility index (Phi) is 2.96. The molecule has 0 radical (unpaired) electrons. The number of esters is 1. The van der Waals surface area contributed by atoms with E-state index in [1.165, 1.54) is 0 Å². The quantitative estimate of drug-likeness (QED) is 0.688. The van der Waals surface area contributed by atoms with Crippen LogP contribution in [-0.2, 0) is 19.4 Å². The third-order valence-corrected chi connectivity index (χ3v) is 6.49. The summed E-state index contributed by atoms with van der Waals surface area (Å²) in [4.78, 5) is 11.4. The fourth-order valence-electron chi connectivity index (χ4n) is 2.58. The summed E-state index contributed by atoms with van der Waals surface area (Å²) in [5.74, 6) is -0.577. The lowest BCUT2D eigenvalue weighted by molar-refractivity contribution is -0.143. The van der Waals surface area contributed by atoms with Crippen LogP contribution in [0.4, 0.5) is 0 Å². The number of carbonyl (C=O) groups excluding carboxylic acids is 1. The predicted molar refractivity (Wildman–Crippen MR) is 58.8 cm³/mol. The van der Waals surface area contributed by atoms with Gasteiger partial charge in [0.05, 0.1) is 11.4 Å². The minimum atomic E-state index is -3.32. The van der Waals surface area contributed by atoms with E-state index in [1.807, 2.05) is 0 Å². The SMILES string of the molecule is CCOC(=O)C1CC2(CCNCC2)S1(=O)=O. The molecule has 0 aromatic heterocycles. The number of ether oxygens (including phenoxy) is 1. The molecule has 0 amide bonds. The summed E-state index contributed by atoms with van der Waals surface area (Å²) in [5.41, 5.74) is 0. The van der Waals surface area contributed by atoms with E-state index in [9.17, 15) is 13.2 Å². The van der Waals surface area contributed by atoms with Crippen molar-refractivity contribution in [2.24, 2.45) is 0 Å². The van der Waals surface area contributed by atoms with Crippen LogP contribution < -0.4 is 5.32 Å². The van der Waals surface area contributed by atoms with Crippen LogP contribution in [0, 0.1) is 0 Å². The zero-order valence-electron chi connectivity index (χ0n) is 9.36. The number of hydrogen-bond acceptors (Lipinski definition) is 5. The molecule has 0 aromatic carbocycles. The van der Waals surface area contributed by atoms with Crippen molar-refractivity contribution in [2.75, 3.05) is 19.7 Å². The zero-order chi connectivity index (χ0) is 11.8. The second kappa shape index (κ2) is 4.00. The van der Waals surface area contributed by atoms with Gasteiger partial charge < -0.3 is 10.1 Å². The number of sulfone groups is 1. The molecule has 2 heterocycles. The van der Waals surface area contributed by atoms with Crippen LogP contribution in [0.25, 0.3) is 0 Å². The van der Waals surface area contributed by atoms with Crippen molar-refractivity contribution in [3.8, 4) is 0 Å². The Morgan fingerprint density at radius 2 is 2.06 bits per heavy atom. The first-order valence-electron chi connectivity index (χ1n) is 5.64. The molecule has 2 aliphatic rings. The van der Waals surface area contributed by atoms with Crippen molar-refractivity contribution in [2.45, 2.75) is 36.2 Å². The van der Waals surface area contributed by atoms with E-state index in [0.717, 1.165) is 13.1 Å². The third-order valence-electron chi connectivity index (χ3n) is 3.60. The molecule has 1 unspecified atom stereocenters. The van der Waals surface area contributed by atoms with Crippen molar-refractivity contribution in [3.63, 3.8) is 0 Å². The van der Waals surface area contributed by atoms with Gasteiger partial charge in [-0.1, -0.05) is 0 Å². The van der Waals surface area contributed by atoms with Gasteiger partial charge in [0.2, 0.25) is 0 Å². The van der Waals surface area contributed by atoms with Crippen molar-refractivity contribution in [1.29, 1.82) is 0 Å². The third kappa shape index (κ3) is 1.55. The van der Waals surface area contributed by atoms with E-state index >= 15 is 0 Å². The molecule has 0 aromatic rings. The standard InChI is InChI=1S/C10H17NO4S/c1-2-15-9(12)8-7-10(16(8,13)14)3-5-11-6-4-10/h8,11H,2-7H2,1H3. The van der Waals surface area contributed by atoms with E-state index < -0.39 is 25.8 Å². The summed E-state index contributed by atoms with van der Waals surface area (Å²) in [6, 6.07) is 0. The molecule has 5 nitrogen and oxygen atoms in total. The summed E-state index contributed by atoms with van der Waals surface area (Å²) in [5, 5.41) is 2.22. The maximum Gasteiger partial charge on any atom is 0.324 e. The van der Waals surface area contributed by atoms with Crippen molar-refractivity contribution < 1.29 is 17.9 Å². The average molecular weight is 247 g/mol. The van der Waals surface area contributed by atoms with Gasteiger partial charge in [0.25, 0.3) is 0 Å². The summed E-state index contributed by atoms with van der Waals surface area (Å²) >= 11 is 0. The Bertz CT molecular complexity index is 384. The van der Waals surface area contributed by atoms with Crippen LogP contribution in [0.1, 0.15) is 26.2 Å². The van der Waals surface area contributed by atoms with Crippen LogP contribution >= 0.6 is 0 Å².